The van der Waals surface area contributed by atoms with Gasteiger partial charge in [-0.3, -0.25) is 4.98 Å². The summed E-state index contributed by atoms with van der Waals surface area (Å²) in [4.78, 5) is 9.51. The van der Waals surface area contributed by atoms with Crippen molar-refractivity contribution in [2.45, 2.75) is 12.1 Å². The van der Waals surface area contributed by atoms with Crippen LogP contribution in [-0.2, 0) is 6.18 Å². The normalized spacial score (nSPS) is 12.0. The van der Waals surface area contributed by atoms with Gasteiger partial charge >= 0.3 is 6.18 Å². The molecule has 0 aliphatic carbocycles. The molecule has 21 heavy (non-hydrogen) atoms. The maximum Gasteiger partial charge on any atom is 0.433 e. The summed E-state index contributed by atoms with van der Waals surface area (Å²) < 4.78 is 39.6. The van der Waals surface area contributed by atoms with Crippen molar-refractivity contribution in [2.75, 3.05) is 0 Å². The van der Waals surface area contributed by atoms with Crippen molar-refractivity contribution in [3.63, 3.8) is 0 Å². The number of pyridine rings is 1. The lowest BCUT2D eigenvalue weighted by Gasteiger charge is -2.19. The van der Waals surface area contributed by atoms with Crippen LogP contribution in [0, 0.1) is 0 Å². The highest BCUT2D eigenvalue weighted by molar-refractivity contribution is 5.40. The van der Waals surface area contributed by atoms with E-state index in [2.05, 4.69) is 15.0 Å². The topological polar surface area (TPSA) is 44.5 Å². The SMILES string of the molecule is FC(F)(F)c1ncccc1C(c1ccc[nH]1)c1ccc[nH]1. The van der Waals surface area contributed by atoms with Crippen molar-refractivity contribution in [1.82, 2.24) is 15.0 Å². The summed E-state index contributed by atoms with van der Waals surface area (Å²) in [5, 5.41) is 0. The Balaban J connectivity index is 2.19. The molecule has 0 atom stereocenters. The first-order valence-electron chi connectivity index (χ1n) is 6.36. The molecule has 3 rings (SSSR count). The fraction of sp³-hybridized carbons (Fsp3) is 0.133. The molecule has 2 N–H and O–H groups in total. The number of H-pyrrole nitrogens is 2. The first kappa shape index (κ1) is 13.5. The molecule has 0 saturated heterocycles. The number of nitrogens with zero attached hydrogens (tertiary/aromatic N) is 1. The Morgan fingerprint density at radius 2 is 1.52 bits per heavy atom. The van der Waals surface area contributed by atoms with Crippen LogP contribution >= 0.6 is 0 Å². The van der Waals surface area contributed by atoms with Crippen LogP contribution in [0.2, 0.25) is 0 Å². The average molecular weight is 291 g/mol. The lowest BCUT2D eigenvalue weighted by molar-refractivity contribution is -0.141. The second-order valence-electron chi connectivity index (χ2n) is 4.62. The molecule has 0 radical (unpaired) electrons. The number of halogens is 3. The zero-order valence-electron chi connectivity index (χ0n) is 10.9. The number of aromatic nitrogens is 3. The maximum absolute atomic E-state index is 13.2. The molecular formula is C15H12F3N3. The number of rotatable bonds is 3. The standard InChI is InChI=1S/C15H12F3N3/c16-15(17,18)14-10(4-1-9-21-14)13(11-5-2-7-19-11)12-6-3-8-20-12/h1-9,13,19-20H. The number of aromatic amines is 2. The fourth-order valence-corrected chi connectivity index (χ4v) is 2.44. The molecule has 3 heterocycles. The predicted octanol–water partition coefficient (Wildman–Crippen LogP) is 3.94. The van der Waals surface area contributed by atoms with Crippen LogP contribution in [0.1, 0.15) is 28.6 Å². The van der Waals surface area contributed by atoms with Gasteiger partial charge in [-0.25, -0.2) is 0 Å². The fourth-order valence-electron chi connectivity index (χ4n) is 2.44. The monoisotopic (exact) mass is 291 g/mol. The quantitative estimate of drug-likeness (QED) is 0.754. The molecule has 3 aromatic heterocycles. The highest BCUT2D eigenvalue weighted by atomic mass is 19.4. The van der Waals surface area contributed by atoms with Crippen molar-refractivity contribution in [3.05, 3.63) is 77.6 Å². The molecule has 3 nitrogen and oxygen atoms in total. The third kappa shape index (κ3) is 2.56. The van der Waals surface area contributed by atoms with E-state index < -0.39 is 17.8 Å². The summed E-state index contributed by atoms with van der Waals surface area (Å²) in [6, 6.07) is 10.0. The molecule has 0 aliphatic rings. The highest BCUT2D eigenvalue weighted by Gasteiger charge is 2.38. The Hall–Kier alpha value is -2.50. The van der Waals surface area contributed by atoms with Crippen LogP contribution in [0.4, 0.5) is 13.2 Å². The molecule has 0 aliphatic heterocycles. The largest absolute Gasteiger partial charge is 0.433 e. The summed E-state index contributed by atoms with van der Waals surface area (Å²) in [6.45, 7) is 0. The van der Waals surface area contributed by atoms with E-state index in [1.54, 1.807) is 36.7 Å². The average Bonchev–Trinajstić information content (AvgIpc) is 3.12. The maximum atomic E-state index is 13.2. The number of nitrogens with one attached hydrogen (secondary N) is 2. The third-order valence-electron chi connectivity index (χ3n) is 3.28. The number of hydrogen-bond acceptors (Lipinski definition) is 1. The first-order valence-corrected chi connectivity index (χ1v) is 6.36. The van der Waals surface area contributed by atoms with Gasteiger partial charge in [0, 0.05) is 30.0 Å². The first-order chi connectivity index (χ1) is 10.1. The third-order valence-corrected chi connectivity index (χ3v) is 3.28. The van der Waals surface area contributed by atoms with E-state index in [4.69, 9.17) is 0 Å². The van der Waals surface area contributed by atoms with E-state index in [1.807, 2.05) is 0 Å². The molecule has 0 unspecified atom stereocenters. The lowest BCUT2D eigenvalue weighted by Crippen LogP contribution is -2.16. The van der Waals surface area contributed by atoms with E-state index in [-0.39, 0.29) is 5.56 Å². The lowest BCUT2D eigenvalue weighted by atomic mass is 9.91. The summed E-state index contributed by atoms with van der Waals surface area (Å²) >= 11 is 0. The van der Waals surface area contributed by atoms with E-state index in [1.165, 1.54) is 12.1 Å². The minimum Gasteiger partial charge on any atom is -0.364 e. The van der Waals surface area contributed by atoms with Crippen molar-refractivity contribution in [1.29, 1.82) is 0 Å². The smallest absolute Gasteiger partial charge is 0.364 e. The summed E-state index contributed by atoms with van der Waals surface area (Å²) in [5.41, 5.74) is 0.612. The van der Waals surface area contributed by atoms with E-state index in [0.717, 1.165) is 6.20 Å². The molecule has 0 spiro atoms. The Bertz CT molecular complexity index is 666. The van der Waals surface area contributed by atoms with Gasteiger partial charge in [0.15, 0.2) is 0 Å². The molecular weight excluding hydrogens is 279 g/mol. The van der Waals surface area contributed by atoms with Gasteiger partial charge in [-0.15, -0.1) is 0 Å². The van der Waals surface area contributed by atoms with E-state index in [9.17, 15) is 13.2 Å². The van der Waals surface area contributed by atoms with Gasteiger partial charge in [0.05, 0.1) is 5.92 Å². The van der Waals surface area contributed by atoms with E-state index in [0.29, 0.717) is 11.4 Å². The molecule has 0 fully saturated rings. The van der Waals surface area contributed by atoms with Crippen molar-refractivity contribution < 1.29 is 13.2 Å². The zero-order chi connectivity index (χ0) is 14.9. The molecule has 0 saturated carbocycles. The van der Waals surface area contributed by atoms with Crippen LogP contribution < -0.4 is 0 Å². The molecule has 0 amide bonds. The Morgan fingerprint density at radius 1 is 0.905 bits per heavy atom. The van der Waals surface area contributed by atoms with Crippen LogP contribution in [0.25, 0.3) is 0 Å². The van der Waals surface area contributed by atoms with Crippen molar-refractivity contribution in [2.24, 2.45) is 0 Å². The van der Waals surface area contributed by atoms with Crippen LogP contribution in [0.3, 0.4) is 0 Å². The second kappa shape index (κ2) is 5.12. The van der Waals surface area contributed by atoms with Crippen LogP contribution in [0.15, 0.2) is 55.0 Å². The summed E-state index contributed by atoms with van der Waals surface area (Å²) in [6.07, 6.45) is 0.0463. The zero-order valence-corrected chi connectivity index (χ0v) is 10.9. The van der Waals surface area contributed by atoms with Crippen molar-refractivity contribution >= 4 is 0 Å². The van der Waals surface area contributed by atoms with Gasteiger partial charge in [0.1, 0.15) is 5.69 Å². The van der Waals surface area contributed by atoms with Crippen LogP contribution in [0.5, 0.6) is 0 Å². The molecule has 0 aromatic carbocycles. The minimum absolute atomic E-state index is 0.120. The Morgan fingerprint density at radius 3 is 2.00 bits per heavy atom. The number of hydrogen-bond donors (Lipinski definition) is 2. The molecule has 3 aromatic rings. The van der Waals surface area contributed by atoms with Gasteiger partial charge < -0.3 is 9.97 Å². The molecule has 108 valence electrons. The van der Waals surface area contributed by atoms with E-state index >= 15 is 0 Å². The molecule has 6 heteroatoms. The van der Waals surface area contributed by atoms with Gasteiger partial charge in [0.2, 0.25) is 0 Å². The Labute approximate surface area is 118 Å². The molecule has 0 bridgehead atoms. The van der Waals surface area contributed by atoms with Crippen molar-refractivity contribution in [3.8, 4) is 0 Å². The Kier molecular flexibility index (Phi) is 3.29. The van der Waals surface area contributed by atoms with Gasteiger partial charge in [-0.1, -0.05) is 6.07 Å². The number of alkyl halides is 3. The van der Waals surface area contributed by atoms with Gasteiger partial charge in [-0.05, 0) is 35.9 Å². The summed E-state index contributed by atoms with van der Waals surface area (Å²) in [7, 11) is 0. The van der Waals surface area contributed by atoms with Gasteiger partial charge in [0.25, 0.3) is 0 Å². The minimum atomic E-state index is -4.49. The summed E-state index contributed by atoms with van der Waals surface area (Å²) in [5.74, 6) is -0.569. The second-order valence-corrected chi connectivity index (χ2v) is 4.62. The van der Waals surface area contributed by atoms with Gasteiger partial charge in [-0.2, -0.15) is 13.2 Å². The predicted molar refractivity (Wildman–Crippen MR) is 71.8 cm³/mol. The highest BCUT2D eigenvalue weighted by Crippen LogP contribution is 2.38. The van der Waals surface area contributed by atoms with Crippen LogP contribution in [-0.4, -0.2) is 15.0 Å².